The van der Waals surface area contributed by atoms with E-state index in [1.54, 1.807) is 7.11 Å². The van der Waals surface area contributed by atoms with E-state index in [-0.39, 0.29) is 11.7 Å². The molecule has 0 bridgehead atoms. The number of carbonyl (C=O) groups is 1. The normalized spacial score (nSPS) is 19.6. The van der Waals surface area contributed by atoms with Crippen LogP contribution in [-0.2, 0) is 4.79 Å². The van der Waals surface area contributed by atoms with Crippen LogP contribution in [0.5, 0.6) is 5.75 Å². The van der Waals surface area contributed by atoms with Gasteiger partial charge in [0.1, 0.15) is 11.9 Å². The summed E-state index contributed by atoms with van der Waals surface area (Å²) in [7, 11) is 1.63. The van der Waals surface area contributed by atoms with E-state index in [0.717, 1.165) is 28.4 Å². The number of Topliss-reactive ketones (excluding diaryl/α,β-unsaturated/α-hetero) is 1. The number of nitrogens with zero attached hydrogens (tertiary/aromatic N) is 2. The molecule has 0 radical (unpaired) electrons. The first-order chi connectivity index (χ1) is 13.5. The Bertz CT molecular complexity index is 980. The molecule has 1 aromatic heterocycles. The van der Waals surface area contributed by atoms with Gasteiger partial charge in [-0.3, -0.25) is 4.79 Å². The van der Waals surface area contributed by atoms with Crippen LogP contribution in [0.1, 0.15) is 30.9 Å². The van der Waals surface area contributed by atoms with E-state index >= 15 is 0 Å². The summed E-state index contributed by atoms with van der Waals surface area (Å²) in [6.07, 6.45) is 0.606. The second kappa shape index (κ2) is 7.78. The van der Waals surface area contributed by atoms with E-state index in [0.29, 0.717) is 24.3 Å². The first kappa shape index (κ1) is 18.7. The van der Waals surface area contributed by atoms with E-state index in [2.05, 4.69) is 0 Å². The number of ether oxygens (including phenoxy) is 1. The summed E-state index contributed by atoms with van der Waals surface area (Å²) in [6, 6.07) is 17.4. The molecule has 3 aromatic rings. The molecule has 2 unspecified atom stereocenters. The van der Waals surface area contributed by atoms with Crippen molar-refractivity contribution in [2.45, 2.75) is 31.3 Å². The Morgan fingerprint density at radius 3 is 2.50 bits per heavy atom. The lowest BCUT2D eigenvalue weighted by atomic mass is 9.84. The quantitative estimate of drug-likeness (QED) is 0.710. The minimum absolute atomic E-state index is 0.0539. The Kier molecular flexibility index (Phi) is 5.20. The molecule has 28 heavy (non-hydrogen) atoms. The highest BCUT2D eigenvalue weighted by molar-refractivity contribution is 6.30. The molecular formula is C22H21ClN2O3. The van der Waals surface area contributed by atoms with Crippen LogP contribution >= 0.6 is 11.6 Å². The molecule has 1 N–H and O–H groups in total. The van der Waals surface area contributed by atoms with E-state index < -0.39 is 6.10 Å². The molecule has 4 rings (SSSR count). The van der Waals surface area contributed by atoms with Gasteiger partial charge in [0.25, 0.3) is 0 Å². The number of aliphatic hydroxyl groups is 1. The maximum absolute atomic E-state index is 11.7. The molecule has 1 fully saturated rings. The Morgan fingerprint density at radius 2 is 1.86 bits per heavy atom. The smallest absolute Gasteiger partial charge is 0.161 e. The number of aliphatic hydroxyl groups excluding tert-OH is 1. The number of benzene rings is 2. The number of ketones is 1. The molecule has 1 aliphatic carbocycles. The van der Waals surface area contributed by atoms with Crippen LogP contribution in [-0.4, -0.2) is 33.9 Å². The highest BCUT2D eigenvalue weighted by Gasteiger charge is 2.30. The predicted octanol–water partition coefficient (Wildman–Crippen LogP) is 4.40. The second-order valence-electron chi connectivity index (χ2n) is 7.02. The van der Waals surface area contributed by atoms with Crippen molar-refractivity contribution >= 4 is 17.4 Å². The average molecular weight is 397 g/mol. The summed E-state index contributed by atoms with van der Waals surface area (Å²) >= 11 is 6.05. The van der Waals surface area contributed by atoms with Crippen molar-refractivity contribution in [1.82, 2.24) is 9.78 Å². The molecule has 0 spiro atoms. The van der Waals surface area contributed by atoms with Crippen LogP contribution in [0.25, 0.3) is 16.9 Å². The fourth-order valence-electron chi connectivity index (χ4n) is 3.62. The van der Waals surface area contributed by atoms with Crippen LogP contribution < -0.4 is 4.74 Å². The summed E-state index contributed by atoms with van der Waals surface area (Å²) in [6.45, 7) is 0. The zero-order chi connectivity index (χ0) is 19.7. The fourth-order valence-corrected chi connectivity index (χ4v) is 3.74. The summed E-state index contributed by atoms with van der Waals surface area (Å²) in [5.41, 5.74) is 3.71. The highest BCUT2D eigenvalue weighted by atomic mass is 35.5. The summed E-state index contributed by atoms with van der Waals surface area (Å²) in [4.78, 5) is 11.7. The largest absolute Gasteiger partial charge is 0.497 e. The first-order valence-corrected chi connectivity index (χ1v) is 9.64. The summed E-state index contributed by atoms with van der Waals surface area (Å²) in [5.74, 6) is 0.750. The third-order valence-corrected chi connectivity index (χ3v) is 5.47. The predicted molar refractivity (Wildman–Crippen MR) is 108 cm³/mol. The lowest BCUT2D eigenvalue weighted by Crippen LogP contribution is -2.28. The maximum atomic E-state index is 11.7. The average Bonchev–Trinajstić information content (AvgIpc) is 3.16. The van der Waals surface area contributed by atoms with Gasteiger partial charge >= 0.3 is 0 Å². The van der Waals surface area contributed by atoms with Crippen LogP contribution in [0, 0.1) is 0 Å². The van der Waals surface area contributed by atoms with E-state index in [1.807, 2.05) is 59.3 Å². The number of halogens is 1. The van der Waals surface area contributed by atoms with Gasteiger partial charge in [-0.05, 0) is 55.3 Å². The van der Waals surface area contributed by atoms with Crippen molar-refractivity contribution in [2.24, 2.45) is 0 Å². The van der Waals surface area contributed by atoms with Crippen LogP contribution in [0.4, 0.5) is 0 Å². The van der Waals surface area contributed by atoms with Gasteiger partial charge in [-0.15, -0.1) is 0 Å². The number of hydrogen-bond acceptors (Lipinski definition) is 4. The van der Waals surface area contributed by atoms with Crippen molar-refractivity contribution in [1.29, 1.82) is 0 Å². The van der Waals surface area contributed by atoms with Gasteiger partial charge in [0.15, 0.2) is 5.78 Å². The molecule has 2 atom stereocenters. The lowest BCUT2D eigenvalue weighted by molar-refractivity contribution is -0.129. The second-order valence-corrected chi connectivity index (χ2v) is 7.46. The van der Waals surface area contributed by atoms with Gasteiger partial charge in [0.2, 0.25) is 0 Å². The maximum Gasteiger partial charge on any atom is 0.161 e. The van der Waals surface area contributed by atoms with E-state index in [1.165, 1.54) is 0 Å². The SMILES string of the molecule is COc1ccc(-n2nc(C3CCC(=O)C(O)C3)cc2-c2ccc(Cl)cc2)cc1. The molecule has 0 amide bonds. The van der Waals surface area contributed by atoms with Crippen molar-refractivity contribution in [3.63, 3.8) is 0 Å². The van der Waals surface area contributed by atoms with Crippen LogP contribution in [0.2, 0.25) is 5.02 Å². The van der Waals surface area contributed by atoms with Gasteiger partial charge < -0.3 is 9.84 Å². The molecule has 0 aliphatic heterocycles. The summed E-state index contributed by atoms with van der Waals surface area (Å²) in [5, 5.41) is 15.5. The van der Waals surface area contributed by atoms with Gasteiger partial charge in [-0.1, -0.05) is 23.7 Å². The van der Waals surface area contributed by atoms with Crippen molar-refractivity contribution in [3.8, 4) is 22.7 Å². The van der Waals surface area contributed by atoms with Crippen molar-refractivity contribution < 1.29 is 14.6 Å². The van der Waals surface area contributed by atoms with Crippen LogP contribution in [0.15, 0.2) is 54.6 Å². The van der Waals surface area contributed by atoms with E-state index in [9.17, 15) is 9.90 Å². The van der Waals surface area contributed by atoms with Gasteiger partial charge in [-0.2, -0.15) is 5.10 Å². The Labute approximate surface area is 168 Å². The van der Waals surface area contributed by atoms with Gasteiger partial charge in [-0.25, -0.2) is 4.68 Å². The van der Waals surface area contributed by atoms with Crippen molar-refractivity contribution in [3.05, 3.63) is 65.3 Å². The minimum Gasteiger partial charge on any atom is -0.497 e. The Balaban J connectivity index is 1.77. The third kappa shape index (κ3) is 3.68. The molecule has 2 aromatic carbocycles. The molecule has 1 saturated carbocycles. The minimum atomic E-state index is -0.899. The molecule has 1 aliphatic rings. The number of carbonyl (C=O) groups excluding carboxylic acids is 1. The molecule has 6 heteroatoms. The Hall–Kier alpha value is -2.63. The Morgan fingerprint density at radius 1 is 1.14 bits per heavy atom. The fraction of sp³-hybridized carbons (Fsp3) is 0.273. The third-order valence-electron chi connectivity index (χ3n) is 5.22. The zero-order valence-corrected chi connectivity index (χ0v) is 16.3. The van der Waals surface area contributed by atoms with Gasteiger partial charge in [0.05, 0.1) is 24.2 Å². The summed E-state index contributed by atoms with van der Waals surface area (Å²) < 4.78 is 7.14. The lowest BCUT2D eigenvalue weighted by Gasteiger charge is -2.23. The van der Waals surface area contributed by atoms with Gasteiger partial charge in [0, 0.05) is 22.9 Å². The van der Waals surface area contributed by atoms with Crippen molar-refractivity contribution in [2.75, 3.05) is 7.11 Å². The molecule has 0 saturated heterocycles. The monoisotopic (exact) mass is 396 g/mol. The number of rotatable bonds is 4. The molecule has 144 valence electrons. The van der Waals surface area contributed by atoms with E-state index in [4.69, 9.17) is 21.4 Å². The number of aromatic nitrogens is 2. The van der Waals surface area contributed by atoms with Crippen LogP contribution in [0.3, 0.4) is 0 Å². The molecular weight excluding hydrogens is 376 g/mol. The highest BCUT2D eigenvalue weighted by Crippen LogP contribution is 2.34. The molecule has 1 heterocycles. The zero-order valence-electron chi connectivity index (χ0n) is 15.5. The molecule has 5 nitrogen and oxygen atoms in total. The standard InChI is InChI=1S/C22H21ClN2O3/c1-28-18-9-7-17(8-10-18)25-20(14-2-5-16(23)6-3-14)13-19(24-25)15-4-11-21(26)22(27)12-15/h2-3,5-10,13,15,22,27H,4,11-12H2,1H3. The topological polar surface area (TPSA) is 64.4 Å². The number of methoxy groups -OCH3 is 1. The number of hydrogen-bond donors (Lipinski definition) is 1. The first-order valence-electron chi connectivity index (χ1n) is 9.26.